The van der Waals surface area contributed by atoms with Crippen LogP contribution in [0.3, 0.4) is 0 Å². The molecule has 1 aromatic carbocycles. The summed E-state index contributed by atoms with van der Waals surface area (Å²) < 4.78 is 7.31. The first-order valence-electron chi connectivity index (χ1n) is 5.48. The molecule has 0 aliphatic heterocycles. The average Bonchev–Trinajstić information content (AvgIpc) is 2.77. The van der Waals surface area contributed by atoms with E-state index in [0.717, 1.165) is 30.1 Å². The number of ether oxygens (including phenoxy) is 1. The predicted molar refractivity (Wildman–Crippen MR) is 67.3 cm³/mol. The molecule has 0 aliphatic carbocycles. The van der Waals surface area contributed by atoms with E-state index >= 15 is 0 Å². The number of aromatic nitrogens is 3. The molecule has 0 aliphatic rings. The van der Waals surface area contributed by atoms with Crippen LogP contribution >= 0.6 is 11.6 Å². The lowest BCUT2D eigenvalue weighted by Crippen LogP contribution is -1.99. The Bertz CT molecular complexity index is 510. The van der Waals surface area contributed by atoms with Crippen LogP contribution in [0, 0.1) is 0 Å². The Morgan fingerprint density at radius 1 is 1.41 bits per heavy atom. The van der Waals surface area contributed by atoms with Gasteiger partial charge in [-0.25, -0.2) is 0 Å². The van der Waals surface area contributed by atoms with Crippen LogP contribution in [0.25, 0.3) is 11.4 Å². The molecule has 0 saturated carbocycles. The number of methoxy groups -OCH3 is 1. The Morgan fingerprint density at radius 2 is 2.24 bits per heavy atom. The van der Waals surface area contributed by atoms with Crippen molar-refractivity contribution < 1.29 is 4.74 Å². The van der Waals surface area contributed by atoms with Crippen LogP contribution < -0.4 is 4.74 Å². The van der Waals surface area contributed by atoms with Gasteiger partial charge in [0.2, 0.25) is 0 Å². The SMILES string of the molecule is CCCn1cnnc1-c1cc(Cl)ccc1OC. The largest absolute Gasteiger partial charge is 0.496 e. The second-order valence-electron chi connectivity index (χ2n) is 3.69. The molecule has 0 unspecified atom stereocenters. The summed E-state index contributed by atoms with van der Waals surface area (Å²) in [4.78, 5) is 0. The molecule has 1 aromatic heterocycles. The van der Waals surface area contributed by atoms with E-state index in [0.29, 0.717) is 5.02 Å². The summed E-state index contributed by atoms with van der Waals surface area (Å²) >= 11 is 6.01. The van der Waals surface area contributed by atoms with Crippen LogP contribution in [0.1, 0.15) is 13.3 Å². The van der Waals surface area contributed by atoms with Gasteiger partial charge in [0, 0.05) is 11.6 Å². The van der Waals surface area contributed by atoms with Gasteiger partial charge in [-0.1, -0.05) is 18.5 Å². The molecule has 5 heteroatoms. The molecule has 0 N–H and O–H groups in total. The van der Waals surface area contributed by atoms with Gasteiger partial charge >= 0.3 is 0 Å². The Hall–Kier alpha value is -1.55. The van der Waals surface area contributed by atoms with E-state index in [-0.39, 0.29) is 0 Å². The fourth-order valence-corrected chi connectivity index (χ4v) is 1.90. The molecular formula is C12H14ClN3O. The maximum Gasteiger partial charge on any atom is 0.167 e. The second kappa shape index (κ2) is 5.19. The molecule has 90 valence electrons. The third-order valence-electron chi connectivity index (χ3n) is 2.48. The number of benzene rings is 1. The van der Waals surface area contributed by atoms with Crippen molar-refractivity contribution in [3.63, 3.8) is 0 Å². The highest BCUT2D eigenvalue weighted by Gasteiger charge is 2.12. The van der Waals surface area contributed by atoms with Gasteiger partial charge in [0.05, 0.1) is 12.7 Å². The third-order valence-corrected chi connectivity index (χ3v) is 2.72. The van der Waals surface area contributed by atoms with Crippen LogP contribution in [0.4, 0.5) is 0 Å². The summed E-state index contributed by atoms with van der Waals surface area (Å²) in [5.41, 5.74) is 0.867. The normalized spacial score (nSPS) is 10.5. The summed E-state index contributed by atoms with van der Waals surface area (Å²) in [5, 5.41) is 8.72. The summed E-state index contributed by atoms with van der Waals surface area (Å²) in [6, 6.07) is 5.48. The topological polar surface area (TPSA) is 39.9 Å². The Morgan fingerprint density at radius 3 is 2.94 bits per heavy atom. The molecule has 0 atom stereocenters. The number of aryl methyl sites for hydroxylation is 1. The van der Waals surface area contributed by atoms with Gasteiger partial charge in [0.15, 0.2) is 5.82 Å². The van der Waals surface area contributed by atoms with E-state index in [1.54, 1.807) is 19.5 Å². The fourth-order valence-electron chi connectivity index (χ4n) is 1.72. The molecular weight excluding hydrogens is 238 g/mol. The molecule has 0 bridgehead atoms. The number of hydrogen-bond acceptors (Lipinski definition) is 3. The minimum Gasteiger partial charge on any atom is -0.496 e. The van der Waals surface area contributed by atoms with E-state index < -0.39 is 0 Å². The lowest BCUT2D eigenvalue weighted by Gasteiger charge is -2.09. The van der Waals surface area contributed by atoms with Gasteiger partial charge in [-0.3, -0.25) is 0 Å². The molecule has 0 saturated heterocycles. The molecule has 1 heterocycles. The van der Waals surface area contributed by atoms with Crippen molar-refractivity contribution >= 4 is 11.6 Å². The zero-order valence-electron chi connectivity index (χ0n) is 9.85. The lowest BCUT2D eigenvalue weighted by atomic mass is 10.2. The standard InChI is InChI=1S/C12H14ClN3O/c1-3-6-16-8-14-15-12(16)10-7-9(13)4-5-11(10)17-2/h4-5,7-8H,3,6H2,1-2H3. The van der Waals surface area contributed by atoms with E-state index in [9.17, 15) is 0 Å². The highest BCUT2D eigenvalue weighted by atomic mass is 35.5. The van der Waals surface area contributed by atoms with Crippen LogP contribution in [0.2, 0.25) is 5.02 Å². The van der Waals surface area contributed by atoms with Crippen LogP contribution in [0.15, 0.2) is 24.5 Å². The first kappa shape index (κ1) is 11.9. The number of rotatable bonds is 4. The van der Waals surface area contributed by atoms with Gasteiger partial charge in [-0.15, -0.1) is 10.2 Å². The van der Waals surface area contributed by atoms with Crippen molar-refractivity contribution in [3.05, 3.63) is 29.5 Å². The Kier molecular flexibility index (Phi) is 3.64. The molecule has 2 aromatic rings. The number of halogens is 1. The maximum atomic E-state index is 6.01. The number of nitrogens with zero attached hydrogens (tertiary/aromatic N) is 3. The van der Waals surface area contributed by atoms with E-state index in [1.807, 2.05) is 16.7 Å². The van der Waals surface area contributed by atoms with Crippen molar-refractivity contribution in [2.24, 2.45) is 0 Å². The van der Waals surface area contributed by atoms with E-state index in [1.165, 1.54) is 0 Å². The highest BCUT2D eigenvalue weighted by molar-refractivity contribution is 6.30. The molecule has 0 radical (unpaired) electrons. The first-order valence-corrected chi connectivity index (χ1v) is 5.85. The van der Waals surface area contributed by atoms with E-state index in [2.05, 4.69) is 17.1 Å². The summed E-state index contributed by atoms with van der Waals surface area (Å²) in [5.74, 6) is 1.53. The first-order chi connectivity index (χ1) is 8.26. The monoisotopic (exact) mass is 251 g/mol. The maximum absolute atomic E-state index is 6.01. The van der Waals surface area contributed by atoms with Crippen molar-refractivity contribution in [1.29, 1.82) is 0 Å². The van der Waals surface area contributed by atoms with Crippen molar-refractivity contribution in [2.75, 3.05) is 7.11 Å². The molecule has 2 rings (SSSR count). The van der Waals surface area contributed by atoms with E-state index in [4.69, 9.17) is 16.3 Å². The molecule has 4 nitrogen and oxygen atoms in total. The van der Waals surface area contributed by atoms with Crippen LogP contribution in [0.5, 0.6) is 5.75 Å². The zero-order valence-corrected chi connectivity index (χ0v) is 10.6. The summed E-state index contributed by atoms with van der Waals surface area (Å²) in [6.07, 6.45) is 2.74. The van der Waals surface area contributed by atoms with Gasteiger partial charge < -0.3 is 9.30 Å². The highest BCUT2D eigenvalue weighted by Crippen LogP contribution is 2.31. The number of hydrogen-bond donors (Lipinski definition) is 0. The minimum atomic E-state index is 0.659. The smallest absolute Gasteiger partial charge is 0.167 e. The molecule has 17 heavy (non-hydrogen) atoms. The van der Waals surface area contributed by atoms with Crippen molar-refractivity contribution in [3.8, 4) is 17.1 Å². The lowest BCUT2D eigenvalue weighted by molar-refractivity contribution is 0.416. The zero-order chi connectivity index (χ0) is 12.3. The third kappa shape index (κ3) is 2.42. The summed E-state index contributed by atoms with van der Waals surface area (Å²) in [6.45, 7) is 2.98. The van der Waals surface area contributed by atoms with Gasteiger partial charge in [0.25, 0.3) is 0 Å². The van der Waals surface area contributed by atoms with Gasteiger partial charge in [0.1, 0.15) is 12.1 Å². The van der Waals surface area contributed by atoms with Crippen LogP contribution in [-0.2, 0) is 6.54 Å². The van der Waals surface area contributed by atoms with Gasteiger partial charge in [-0.2, -0.15) is 0 Å². The molecule has 0 amide bonds. The van der Waals surface area contributed by atoms with Gasteiger partial charge in [-0.05, 0) is 24.6 Å². The van der Waals surface area contributed by atoms with Crippen LogP contribution in [-0.4, -0.2) is 21.9 Å². The Labute approximate surface area is 105 Å². The minimum absolute atomic E-state index is 0.659. The Balaban J connectivity index is 2.51. The fraction of sp³-hybridized carbons (Fsp3) is 0.333. The average molecular weight is 252 g/mol. The second-order valence-corrected chi connectivity index (χ2v) is 4.13. The predicted octanol–water partition coefficient (Wildman–Crippen LogP) is 3.02. The van der Waals surface area contributed by atoms with Crippen molar-refractivity contribution in [2.45, 2.75) is 19.9 Å². The molecule has 0 fully saturated rings. The van der Waals surface area contributed by atoms with Crippen molar-refractivity contribution in [1.82, 2.24) is 14.8 Å². The quantitative estimate of drug-likeness (QED) is 0.839. The molecule has 0 spiro atoms. The summed E-state index contributed by atoms with van der Waals surface area (Å²) in [7, 11) is 1.63.